The van der Waals surface area contributed by atoms with E-state index in [1.54, 1.807) is 22.7 Å². The molecule has 0 aliphatic heterocycles. The number of benzene rings is 1. The fraction of sp³-hybridized carbons (Fsp3) is 0.235. The highest BCUT2D eigenvalue weighted by atomic mass is 35.5. The molecule has 0 unspecified atom stereocenters. The average molecular weight is 394 g/mol. The van der Waals surface area contributed by atoms with Gasteiger partial charge in [0, 0.05) is 5.56 Å². The predicted molar refractivity (Wildman–Crippen MR) is 100 cm³/mol. The Hall–Kier alpha value is -2.58. The summed E-state index contributed by atoms with van der Waals surface area (Å²) in [6.45, 7) is 1.88. The number of ketones is 1. The van der Waals surface area contributed by atoms with Gasteiger partial charge in [0.15, 0.2) is 22.4 Å². The van der Waals surface area contributed by atoms with Crippen LogP contribution < -0.4 is 14.2 Å². The van der Waals surface area contributed by atoms with Crippen molar-refractivity contribution < 1.29 is 19.0 Å². The fourth-order valence-electron chi connectivity index (χ4n) is 2.45. The van der Waals surface area contributed by atoms with Crippen molar-refractivity contribution in [3.8, 4) is 17.2 Å². The molecule has 0 saturated heterocycles. The topological polar surface area (TPSA) is 75.0 Å². The molecule has 0 spiro atoms. The van der Waals surface area contributed by atoms with Gasteiger partial charge in [-0.3, -0.25) is 4.79 Å². The van der Waals surface area contributed by atoms with E-state index in [2.05, 4.69) is 10.1 Å². The van der Waals surface area contributed by atoms with E-state index in [-0.39, 0.29) is 10.9 Å². The lowest BCUT2D eigenvalue weighted by Gasteiger charge is -2.13. The molecule has 0 saturated carbocycles. The van der Waals surface area contributed by atoms with Gasteiger partial charge >= 0.3 is 0 Å². The lowest BCUT2D eigenvalue weighted by molar-refractivity contribution is 0.104. The molecular weight excluding hydrogens is 378 g/mol. The van der Waals surface area contributed by atoms with Crippen LogP contribution in [0.2, 0.25) is 5.15 Å². The van der Waals surface area contributed by atoms with Crippen molar-refractivity contribution in [2.45, 2.75) is 6.92 Å². The van der Waals surface area contributed by atoms with E-state index in [0.717, 1.165) is 5.01 Å². The number of aryl methyl sites for hydroxylation is 1. The summed E-state index contributed by atoms with van der Waals surface area (Å²) in [5.74, 6) is 0.989. The summed E-state index contributed by atoms with van der Waals surface area (Å²) in [5.41, 5.74) is 0.939. The number of carbonyl (C=O) groups is 1. The first kappa shape index (κ1) is 18.2. The zero-order chi connectivity index (χ0) is 18.8. The van der Waals surface area contributed by atoms with Crippen molar-refractivity contribution in [2.24, 2.45) is 0 Å². The maximum absolute atomic E-state index is 12.6. The van der Waals surface area contributed by atoms with Gasteiger partial charge in [-0.2, -0.15) is 5.10 Å². The summed E-state index contributed by atoms with van der Waals surface area (Å²) in [6.07, 6.45) is 3.00. The first-order chi connectivity index (χ1) is 12.5. The molecule has 7 nitrogen and oxygen atoms in total. The third-order valence-corrected chi connectivity index (χ3v) is 4.74. The molecule has 0 aliphatic rings. The predicted octanol–water partition coefficient (Wildman–Crippen LogP) is 3.67. The van der Waals surface area contributed by atoms with Crippen molar-refractivity contribution in [1.82, 2.24) is 14.6 Å². The van der Waals surface area contributed by atoms with Crippen LogP contribution in [0.3, 0.4) is 0 Å². The van der Waals surface area contributed by atoms with Gasteiger partial charge in [-0.1, -0.05) is 22.9 Å². The summed E-state index contributed by atoms with van der Waals surface area (Å²) in [6, 6.07) is 3.18. The third-order valence-electron chi connectivity index (χ3n) is 3.64. The Kier molecular flexibility index (Phi) is 5.15. The van der Waals surface area contributed by atoms with Gasteiger partial charge in [0.05, 0.1) is 21.3 Å². The van der Waals surface area contributed by atoms with Crippen LogP contribution in [-0.4, -0.2) is 41.7 Å². The van der Waals surface area contributed by atoms with Gasteiger partial charge < -0.3 is 14.2 Å². The molecule has 9 heteroatoms. The van der Waals surface area contributed by atoms with E-state index in [1.165, 1.54) is 38.7 Å². The highest BCUT2D eigenvalue weighted by Crippen LogP contribution is 2.38. The van der Waals surface area contributed by atoms with Crippen LogP contribution in [-0.2, 0) is 0 Å². The number of hydrogen-bond donors (Lipinski definition) is 0. The summed E-state index contributed by atoms with van der Waals surface area (Å²) >= 11 is 7.56. The Morgan fingerprint density at radius 3 is 2.42 bits per heavy atom. The molecule has 0 atom stereocenters. The second-order valence-corrected chi connectivity index (χ2v) is 6.73. The van der Waals surface area contributed by atoms with Gasteiger partial charge in [0.1, 0.15) is 10.7 Å². The number of rotatable bonds is 6. The van der Waals surface area contributed by atoms with Crippen molar-refractivity contribution >= 4 is 39.8 Å². The fourth-order valence-corrected chi connectivity index (χ4v) is 3.47. The second kappa shape index (κ2) is 7.35. The Morgan fingerprint density at radius 2 is 1.85 bits per heavy atom. The zero-order valence-electron chi connectivity index (χ0n) is 14.6. The summed E-state index contributed by atoms with van der Waals surface area (Å²) in [5, 5.41) is 5.48. The van der Waals surface area contributed by atoms with E-state index in [1.807, 2.05) is 6.92 Å². The molecule has 3 aromatic rings. The first-order valence-corrected chi connectivity index (χ1v) is 8.72. The van der Waals surface area contributed by atoms with Crippen molar-refractivity contribution in [1.29, 1.82) is 0 Å². The molecule has 0 radical (unpaired) electrons. The van der Waals surface area contributed by atoms with Gasteiger partial charge in [-0.15, -0.1) is 0 Å². The van der Waals surface area contributed by atoms with E-state index in [4.69, 9.17) is 25.8 Å². The number of fused-ring (bicyclic) bond motifs is 1. The Labute approximate surface area is 158 Å². The van der Waals surface area contributed by atoms with Gasteiger partial charge in [-0.05, 0) is 31.2 Å². The summed E-state index contributed by atoms with van der Waals surface area (Å²) < 4.78 is 17.4. The lowest BCUT2D eigenvalue weighted by atomic mass is 10.1. The molecule has 0 amide bonds. The SMILES string of the molecule is COc1cc(C(=O)/C=C/c2c(Cl)nc3sc(C)nn23)cc(OC)c1OC. The number of hydrogen-bond acceptors (Lipinski definition) is 7. The van der Waals surface area contributed by atoms with E-state index >= 15 is 0 Å². The number of nitrogens with zero attached hydrogens (tertiary/aromatic N) is 3. The first-order valence-electron chi connectivity index (χ1n) is 7.52. The largest absolute Gasteiger partial charge is 0.493 e. The maximum atomic E-state index is 12.6. The Morgan fingerprint density at radius 1 is 1.19 bits per heavy atom. The van der Waals surface area contributed by atoms with Crippen LogP contribution in [0.25, 0.3) is 11.0 Å². The molecule has 2 heterocycles. The quantitative estimate of drug-likeness (QED) is 0.470. The lowest BCUT2D eigenvalue weighted by Crippen LogP contribution is -2.00. The van der Waals surface area contributed by atoms with Gasteiger partial charge in [0.2, 0.25) is 10.7 Å². The minimum Gasteiger partial charge on any atom is -0.493 e. The third kappa shape index (κ3) is 3.25. The summed E-state index contributed by atoms with van der Waals surface area (Å²) in [7, 11) is 4.49. The van der Waals surface area contributed by atoms with Crippen LogP contribution in [0.4, 0.5) is 0 Å². The molecule has 0 N–H and O–H groups in total. The second-order valence-electron chi connectivity index (χ2n) is 5.21. The van der Waals surface area contributed by atoms with Crippen molar-refractivity contribution in [2.75, 3.05) is 21.3 Å². The highest BCUT2D eigenvalue weighted by Gasteiger charge is 2.17. The maximum Gasteiger partial charge on any atom is 0.214 e. The number of carbonyl (C=O) groups excluding carboxylic acids is 1. The van der Waals surface area contributed by atoms with Crippen LogP contribution in [0.15, 0.2) is 18.2 Å². The molecule has 2 aromatic heterocycles. The van der Waals surface area contributed by atoms with Gasteiger partial charge in [-0.25, -0.2) is 9.50 Å². The Bertz CT molecular complexity index is 984. The molecule has 1 aromatic carbocycles. The monoisotopic (exact) mass is 393 g/mol. The molecule has 0 bridgehead atoms. The number of aromatic nitrogens is 3. The van der Waals surface area contributed by atoms with Crippen LogP contribution >= 0.6 is 22.9 Å². The Balaban J connectivity index is 1.96. The zero-order valence-corrected chi connectivity index (χ0v) is 16.1. The number of imidazole rings is 1. The normalized spacial score (nSPS) is 11.3. The molecule has 0 fully saturated rings. The smallest absolute Gasteiger partial charge is 0.214 e. The van der Waals surface area contributed by atoms with Crippen LogP contribution in [0.1, 0.15) is 21.1 Å². The molecular formula is C17H16ClN3O4S. The number of allylic oxidation sites excluding steroid dienone is 1. The standard InChI is InChI=1S/C17H16ClN3O4S/c1-9-20-21-11(16(18)19-17(21)26-9)5-6-12(22)10-7-13(23-2)15(25-4)14(8-10)24-3/h5-8H,1-4H3/b6-5+. The number of methoxy groups -OCH3 is 3. The van der Waals surface area contributed by atoms with E-state index in [0.29, 0.717) is 33.5 Å². The molecule has 0 aliphatic carbocycles. The minimum atomic E-state index is -0.248. The van der Waals surface area contributed by atoms with Crippen LogP contribution in [0, 0.1) is 6.92 Å². The molecule has 136 valence electrons. The van der Waals surface area contributed by atoms with E-state index < -0.39 is 0 Å². The van der Waals surface area contributed by atoms with Crippen molar-refractivity contribution in [3.05, 3.63) is 39.6 Å². The molecule has 3 rings (SSSR count). The number of ether oxygens (including phenoxy) is 3. The average Bonchev–Trinajstić information content (AvgIpc) is 3.12. The summed E-state index contributed by atoms with van der Waals surface area (Å²) in [4.78, 5) is 17.5. The van der Waals surface area contributed by atoms with Crippen molar-refractivity contribution in [3.63, 3.8) is 0 Å². The number of halogens is 1. The van der Waals surface area contributed by atoms with Crippen LogP contribution in [0.5, 0.6) is 17.2 Å². The highest BCUT2D eigenvalue weighted by molar-refractivity contribution is 7.16. The van der Waals surface area contributed by atoms with Gasteiger partial charge in [0.25, 0.3) is 0 Å². The van der Waals surface area contributed by atoms with E-state index in [9.17, 15) is 4.79 Å². The molecule has 26 heavy (non-hydrogen) atoms. The minimum absolute atomic E-state index is 0.248.